The average Bonchev–Trinajstić information content (AvgIpc) is 2.68. The summed E-state index contributed by atoms with van der Waals surface area (Å²) in [5.74, 6) is 0. The largest absolute Gasteiger partial charge is 0.331 e. The molecule has 0 saturated carbocycles. The molecule has 3 nitrogen and oxygen atoms in total. The summed E-state index contributed by atoms with van der Waals surface area (Å²) in [6.45, 7) is 25.6. The molecule has 2 aliphatic rings. The van der Waals surface area contributed by atoms with Crippen LogP contribution in [0.2, 0.25) is 76.6 Å². The van der Waals surface area contributed by atoms with E-state index in [9.17, 15) is 0 Å². The summed E-state index contributed by atoms with van der Waals surface area (Å²) < 4.78 is 6.02. The summed E-state index contributed by atoms with van der Waals surface area (Å²) >= 11 is 0. The van der Waals surface area contributed by atoms with Gasteiger partial charge in [0.2, 0.25) is 0 Å². The second-order valence-electron chi connectivity index (χ2n) is 10.5. The molecule has 2 heterocycles. The normalized spacial score (nSPS) is 32.1. The Kier molecular flexibility index (Phi) is 5.39. The maximum absolute atomic E-state index is 4.08. The lowest BCUT2D eigenvalue weighted by molar-refractivity contribution is 0.295. The highest BCUT2D eigenvalue weighted by Crippen LogP contribution is 2.40. The van der Waals surface area contributed by atoms with Crippen molar-refractivity contribution in [1.29, 1.82) is 0 Å². The zero-order chi connectivity index (χ0) is 17.8. The van der Waals surface area contributed by atoms with E-state index in [0.29, 0.717) is 12.3 Å². The van der Waals surface area contributed by atoms with E-state index < -0.39 is 32.9 Å². The van der Waals surface area contributed by atoms with Gasteiger partial charge in [-0.25, -0.2) is 0 Å². The summed E-state index contributed by atoms with van der Waals surface area (Å²) in [7, 11) is -4.84. The molecule has 2 aliphatic heterocycles. The van der Waals surface area contributed by atoms with E-state index in [1.54, 1.807) is 0 Å². The van der Waals surface area contributed by atoms with E-state index in [2.05, 4.69) is 80.0 Å². The fourth-order valence-corrected chi connectivity index (χ4v) is 35.6. The Morgan fingerprint density at radius 3 is 1.00 bits per heavy atom. The zero-order valence-electron chi connectivity index (χ0n) is 17.4. The number of rotatable bonds is 4. The lowest BCUT2D eigenvalue weighted by Gasteiger charge is -2.49. The van der Waals surface area contributed by atoms with Crippen LogP contribution in [0.1, 0.15) is 13.8 Å². The second-order valence-corrected chi connectivity index (χ2v) is 29.8. The van der Waals surface area contributed by atoms with Crippen molar-refractivity contribution in [1.82, 2.24) is 13.8 Å². The van der Waals surface area contributed by atoms with Gasteiger partial charge in [0.05, 0.1) is 0 Å². The number of nitrogens with zero attached hydrogens (tertiary/aromatic N) is 2. The minimum atomic E-state index is -1.21. The van der Waals surface area contributed by atoms with E-state index in [1.807, 2.05) is 0 Å². The van der Waals surface area contributed by atoms with Crippen molar-refractivity contribution in [3.05, 3.63) is 0 Å². The molecule has 0 aromatic rings. The molecule has 2 unspecified atom stereocenters. The topological polar surface area (TPSA) is 18.5 Å². The van der Waals surface area contributed by atoms with Crippen molar-refractivity contribution in [2.24, 2.45) is 0 Å². The van der Waals surface area contributed by atoms with Crippen molar-refractivity contribution < 1.29 is 0 Å². The van der Waals surface area contributed by atoms with Crippen molar-refractivity contribution in [3.63, 3.8) is 0 Å². The standard InChI is InChI=1S/C16H41N3Si4/c1-15(18-20(3,4)11-12-21(18,5)6)17-16(2)19-22(7,8)13-14-23(19,9)10/h15-17H,11-14H2,1-10H3. The van der Waals surface area contributed by atoms with Crippen molar-refractivity contribution in [2.45, 2.75) is 103 Å². The van der Waals surface area contributed by atoms with Gasteiger partial charge in [-0.3, -0.25) is 5.32 Å². The minimum absolute atomic E-state index is 0.547. The summed E-state index contributed by atoms with van der Waals surface area (Å²) in [5, 5.41) is 4.08. The van der Waals surface area contributed by atoms with E-state index in [4.69, 9.17) is 0 Å². The molecule has 7 heteroatoms. The molecule has 0 aliphatic carbocycles. The highest BCUT2D eigenvalue weighted by atomic mass is 28.4. The monoisotopic (exact) mass is 387 g/mol. The Morgan fingerprint density at radius 1 is 0.565 bits per heavy atom. The molecular weight excluding hydrogens is 347 g/mol. The maximum Gasteiger partial charge on any atom is 0.116 e. The molecule has 2 atom stereocenters. The molecule has 2 saturated heterocycles. The van der Waals surface area contributed by atoms with Crippen molar-refractivity contribution in [3.8, 4) is 0 Å². The molecule has 0 spiro atoms. The first kappa shape index (κ1) is 20.1. The quantitative estimate of drug-likeness (QED) is 0.704. The highest BCUT2D eigenvalue weighted by molar-refractivity contribution is 6.96. The van der Waals surface area contributed by atoms with Crippen LogP contribution >= 0.6 is 0 Å². The molecule has 2 rings (SSSR count). The minimum Gasteiger partial charge on any atom is -0.331 e. The molecule has 0 bridgehead atoms. The van der Waals surface area contributed by atoms with Crippen LogP contribution < -0.4 is 5.32 Å². The van der Waals surface area contributed by atoms with Gasteiger partial charge in [-0.15, -0.1) is 0 Å². The number of hydrogen-bond acceptors (Lipinski definition) is 3. The Hall–Kier alpha value is 0.748. The van der Waals surface area contributed by atoms with Crippen LogP contribution in [0.5, 0.6) is 0 Å². The third-order valence-corrected chi connectivity index (χ3v) is 27.5. The smallest absolute Gasteiger partial charge is 0.116 e. The third kappa shape index (κ3) is 3.80. The van der Waals surface area contributed by atoms with Gasteiger partial charge in [0.15, 0.2) is 0 Å². The van der Waals surface area contributed by atoms with Gasteiger partial charge in [-0.1, -0.05) is 52.4 Å². The molecule has 0 aromatic carbocycles. The van der Waals surface area contributed by atoms with Crippen LogP contribution in [0.15, 0.2) is 0 Å². The molecule has 2 fully saturated rings. The number of hydrogen-bond donors (Lipinski definition) is 1. The molecule has 23 heavy (non-hydrogen) atoms. The zero-order valence-corrected chi connectivity index (χ0v) is 21.4. The summed E-state index contributed by atoms with van der Waals surface area (Å²) in [6.07, 6.45) is 1.09. The van der Waals surface area contributed by atoms with Gasteiger partial charge in [0.25, 0.3) is 0 Å². The van der Waals surface area contributed by atoms with Crippen molar-refractivity contribution >= 4 is 32.9 Å². The van der Waals surface area contributed by atoms with Crippen LogP contribution in [0.3, 0.4) is 0 Å². The maximum atomic E-state index is 4.08. The van der Waals surface area contributed by atoms with Gasteiger partial charge >= 0.3 is 0 Å². The first-order chi connectivity index (χ1) is 10.2. The van der Waals surface area contributed by atoms with Crippen LogP contribution in [-0.2, 0) is 0 Å². The predicted octanol–water partition coefficient (Wildman–Crippen LogP) is 4.72. The van der Waals surface area contributed by atoms with Crippen molar-refractivity contribution in [2.75, 3.05) is 0 Å². The molecule has 0 amide bonds. The number of nitrogens with one attached hydrogen (secondary N) is 1. The van der Waals surface area contributed by atoms with Crippen LogP contribution in [0.4, 0.5) is 0 Å². The highest BCUT2D eigenvalue weighted by Gasteiger charge is 2.52. The Labute approximate surface area is 149 Å². The van der Waals surface area contributed by atoms with Gasteiger partial charge in [-0.2, -0.15) is 0 Å². The van der Waals surface area contributed by atoms with Crippen LogP contribution in [0, 0.1) is 0 Å². The fourth-order valence-electron chi connectivity index (χ4n) is 5.94. The SMILES string of the molecule is CC(NC(C)N1[Si](C)(C)CC[Si]1(C)C)N1[Si](C)(C)CC[Si]1(C)C. The molecule has 136 valence electrons. The lowest BCUT2D eigenvalue weighted by Crippen LogP contribution is -2.68. The molecule has 0 radical (unpaired) electrons. The predicted molar refractivity (Wildman–Crippen MR) is 115 cm³/mol. The second kappa shape index (κ2) is 6.17. The fraction of sp³-hybridized carbons (Fsp3) is 1.00. The van der Waals surface area contributed by atoms with E-state index in [0.717, 1.165) is 0 Å². The van der Waals surface area contributed by atoms with Gasteiger partial charge in [-0.05, 0) is 38.0 Å². The van der Waals surface area contributed by atoms with Gasteiger partial charge in [0.1, 0.15) is 32.9 Å². The van der Waals surface area contributed by atoms with Crippen LogP contribution in [-0.4, -0.2) is 53.7 Å². The first-order valence-corrected chi connectivity index (χ1v) is 22.2. The average molecular weight is 388 g/mol. The summed E-state index contributed by atoms with van der Waals surface area (Å²) in [5.41, 5.74) is 0. The Bertz CT molecular complexity index is 379. The van der Waals surface area contributed by atoms with Crippen LogP contribution in [0.25, 0.3) is 0 Å². The van der Waals surface area contributed by atoms with E-state index >= 15 is 0 Å². The molecular formula is C16H41N3Si4. The molecule has 1 N–H and O–H groups in total. The van der Waals surface area contributed by atoms with E-state index in [-0.39, 0.29) is 0 Å². The van der Waals surface area contributed by atoms with E-state index in [1.165, 1.54) is 24.2 Å². The summed E-state index contributed by atoms with van der Waals surface area (Å²) in [6, 6.07) is 5.99. The lowest BCUT2D eigenvalue weighted by atomic mass is 10.5. The Morgan fingerprint density at radius 2 is 0.783 bits per heavy atom. The third-order valence-electron chi connectivity index (χ3n) is 6.56. The first-order valence-electron chi connectivity index (χ1n) is 9.56. The Balaban J connectivity index is 2.15. The van der Waals surface area contributed by atoms with Gasteiger partial charge in [0, 0.05) is 12.3 Å². The van der Waals surface area contributed by atoms with Gasteiger partial charge < -0.3 is 8.46 Å². The molecule has 0 aromatic heterocycles. The summed E-state index contributed by atoms with van der Waals surface area (Å²) in [4.78, 5) is 0.